The smallest absolute Gasteiger partial charge is 0.217 e. The molecule has 0 radical (unpaired) electrons. The lowest BCUT2D eigenvalue weighted by Gasteiger charge is -2.20. The van der Waals surface area contributed by atoms with Gasteiger partial charge in [-0.1, -0.05) is 24.3 Å². The number of amides is 2. The van der Waals surface area contributed by atoms with Crippen molar-refractivity contribution < 1.29 is 14.3 Å². The third-order valence-corrected chi connectivity index (χ3v) is 3.97. The molecule has 0 saturated heterocycles. The highest BCUT2D eigenvalue weighted by Crippen LogP contribution is 2.13. The zero-order chi connectivity index (χ0) is 17.9. The van der Waals surface area contributed by atoms with E-state index in [1.807, 2.05) is 19.1 Å². The summed E-state index contributed by atoms with van der Waals surface area (Å²) in [6.45, 7) is 2.37. The van der Waals surface area contributed by atoms with Gasteiger partial charge in [0.25, 0.3) is 0 Å². The lowest BCUT2D eigenvalue weighted by molar-refractivity contribution is -0.119. The molecular weight excluding hydrogens is 306 g/mol. The number of carbonyl (C=O) groups excluding carboxylic acids is 2. The largest absolute Gasteiger partial charge is 0.372 e. The Hall–Kier alpha value is -1.92. The molecule has 1 aromatic rings. The Bertz CT molecular complexity index is 534. The minimum atomic E-state index is -0.346. The van der Waals surface area contributed by atoms with Crippen molar-refractivity contribution in [1.29, 1.82) is 0 Å². The fraction of sp³-hybridized carbons (Fsp3) is 0.556. The summed E-state index contributed by atoms with van der Waals surface area (Å²) in [5, 5.41) is 0. The van der Waals surface area contributed by atoms with Crippen molar-refractivity contribution in [2.24, 2.45) is 17.2 Å². The van der Waals surface area contributed by atoms with Gasteiger partial charge in [0.05, 0.1) is 12.7 Å². The Balaban J connectivity index is 2.38. The average Bonchev–Trinajstić information content (AvgIpc) is 2.54. The van der Waals surface area contributed by atoms with E-state index < -0.39 is 0 Å². The Morgan fingerprint density at radius 1 is 1.08 bits per heavy atom. The van der Waals surface area contributed by atoms with Gasteiger partial charge in [-0.2, -0.15) is 0 Å². The molecule has 0 heterocycles. The molecule has 2 amide bonds. The van der Waals surface area contributed by atoms with E-state index in [-0.39, 0.29) is 30.4 Å². The van der Waals surface area contributed by atoms with E-state index in [0.717, 1.165) is 24.8 Å². The fourth-order valence-corrected chi connectivity index (χ4v) is 2.40. The lowest BCUT2D eigenvalue weighted by atomic mass is 10.0. The number of hydrogen-bond donors (Lipinski definition) is 3. The molecule has 1 rings (SSSR count). The summed E-state index contributed by atoms with van der Waals surface area (Å²) in [5.74, 6) is -0.597. The number of benzene rings is 1. The molecule has 0 aliphatic rings. The van der Waals surface area contributed by atoms with Gasteiger partial charge in [0.2, 0.25) is 11.8 Å². The maximum atomic E-state index is 10.8. The third kappa shape index (κ3) is 8.64. The molecule has 0 aromatic heterocycles. The van der Waals surface area contributed by atoms with Gasteiger partial charge in [0, 0.05) is 18.9 Å². The zero-order valence-corrected chi connectivity index (χ0v) is 14.4. The van der Waals surface area contributed by atoms with Crippen LogP contribution in [0.5, 0.6) is 0 Å². The van der Waals surface area contributed by atoms with Crippen LogP contribution in [0.1, 0.15) is 50.2 Å². The van der Waals surface area contributed by atoms with Crippen molar-refractivity contribution in [2.75, 3.05) is 0 Å². The highest BCUT2D eigenvalue weighted by molar-refractivity contribution is 5.73. The molecule has 0 spiro atoms. The normalized spacial score (nSPS) is 13.4. The number of carbonyl (C=O) groups is 2. The predicted molar refractivity (Wildman–Crippen MR) is 93.8 cm³/mol. The second-order valence-corrected chi connectivity index (χ2v) is 6.18. The lowest BCUT2D eigenvalue weighted by Crippen LogP contribution is -2.35. The monoisotopic (exact) mass is 335 g/mol. The summed E-state index contributed by atoms with van der Waals surface area (Å²) in [6.07, 6.45) is 3.73. The molecule has 0 bridgehead atoms. The summed E-state index contributed by atoms with van der Waals surface area (Å²) in [6, 6.07) is 7.96. The molecule has 2 atom stereocenters. The molecule has 0 unspecified atom stereocenters. The van der Waals surface area contributed by atoms with Crippen molar-refractivity contribution in [3.63, 3.8) is 0 Å². The van der Waals surface area contributed by atoms with Crippen molar-refractivity contribution in [1.82, 2.24) is 0 Å². The molecule has 6 nitrogen and oxygen atoms in total. The quantitative estimate of drug-likeness (QED) is 0.499. The standard InChI is InChI=1S/C18H29N3O3/c1-13(16(19)9-10-18(21)23)24-12-15-7-4-6-14(11-15)5-2-3-8-17(20)22/h4,6-7,11,13,16H,2-3,5,8-10,12,19H2,1H3,(H2,20,22)(H2,21,23)/t13-,16+/m1/s1. The van der Waals surface area contributed by atoms with Gasteiger partial charge in [-0.25, -0.2) is 0 Å². The number of rotatable bonds is 12. The zero-order valence-electron chi connectivity index (χ0n) is 14.4. The van der Waals surface area contributed by atoms with Crippen molar-refractivity contribution in [2.45, 2.75) is 64.2 Å². The molecule has 0 aliphatic heterocycles. The van der Waals surface area contributed by atoms with E-state index in [0.29, 0.717) is 19.4 Å². The van der Waals surface area contributed by atoms with Crippen LogP contribution in [-0.2, 0) is 27.4 Å². The number of nitrogens with two attached hydrogens (primary N) is 3. The second kappa shape index (κ2) is 10.8. The number of aryl methyl sites for hydroxylation is 1. The SMILES string of the molecule is C[C@@H](OCc1cccc(CCCCC(N)=O)c1)[C@@H](N)CCC(N)=O. The van der Waals surface area contributed by atoms with E-state index in [1.54, 1.807) is 0 Å². The van der Waals surface area contributed by atoms with Gasteiger partial charge in [-0.15, -0.1) is 0 Å². The first-order valence-electron chi connectivity index (χ1n) is 8.40. The third-order valence-electron chi connectivity index (χ3n) is 3.97. The number of hydrogen-bond acceptors (Lipinski definition) is 4. The molecule has 0 fully saturated rings. The van der Waals surface area contributed by atoms with Crippen LogP contribution < -0.4 is 17.2 Å². The molecule has 6 N–H and O–H groups in total. The summed E-state index contributed by atoms with van der Waals surface area (Å²) in [4.78, 5) is 21.5. The van der Waals surface area contributed by atoms with Gasteiger partial charge in [0.1, 0.15) is 0 Å². The first kappa shape index (κ1) is 20.1. The molecule has 24 heavy (non-hydrogen) atoms. The predicted octanol–water partition coefficient (Wildman–Crippen LogP) is 1.38. The van der Waals surface area contributed by atoms with Crippen LogP contribution in [0.25, 0.3) is 0 Å². The van der Waals surface area contributed by atoms with Crippen LogP contribution in [0.2, 0.25) is 0 Å². The number of primary amides is 2. The minimum absolute atomic E-state index is 0.149. The topological polar surface area (TPSA) is 121 Å². The summed E-state index contributed by atoms with van der Waals surface area (Å²) < 4.78 is 5.80. The van der Waals surface area contributed by atoms with Crippen molar-refractivity contribution >= 4 is 11.8 Å². The summed E-state index contributed by atoms with van der Waals surface area (Å²) in [5.41, 5.74) is 18.6. The molecule has 134 valence electrons. The fourth-order valence-electron chi connectivity index (χ4n) is 2.40. The molecular formula is C18H29N3O3. The maximum absolute atomic E-state index is 10.8. The van der Waals surface area contributed by atoms with Gasteiger partial charge in [0.15, 0.2) is 0 Å². The molecule has 0 aliphatic carbocycles. The maximum Gasteiger partial charge on any atom is 0.217 e. The number of unbranched alkanes of at least 4 members (excludes halogenated alkanes) is 1. The van der Waals surface area contributed by atoms with Crippen LogP contribution in [0, 0.1) is 0 Å². The molecule has 1 aromatic carbocycles. The van der Waals surface area contributed by atoms with Crippen LogP contribution in [0.4, 0.5) is 0 Å². The van der Waals surface area contributed by atoms with E-state index in [1.165, 1.54) is 5.56 Å². The molecule has 0 saturated carbocycles. The highest BCUT2D eigenvalue weighted by atomic mass is 16.5. The van der Waals surface area contributed by atoms with Gasteiger partial charge < -0.3 is 21.9 Å². The van der Waals surface area contributed by atoms with E-state index in [4.69, 9.17) is 21.9 Å². The number of ether oxygens (including phenoxy) is 1. The van der Waals surface area contributed by atoms with E-state index >= 15 is 0 Å². The van der Waals surface area contributed by atoms with Crippen LogP contribution >= 0.6 is 0 Å². The molecule has 6 heteroatoms. The van der Waals surface area contributed by atoms with Crippen LogP contribution in [0.15, 0.2) is 24.3 Å². The average molecular weight is 335 g/mol. The van der Waals surface area contributed by atoms with Crippen molar-refractivity contribution in [3.8, 4) is 0 Å². The Morgan fingerprint density at radius 2 is 1.75 bits per heavy atom. The summed E-state index contributed by atoms with van der Waals surface area (Å²) >= 11 is 0. The summed E-state index contributed by atoms with van der Waals surface area (Å²) in [7, 11) is 0. The van der Waals surface area contributed by atoms with E-state index in [2.05, 4.69) is 12.1 Å². The highest BCUT2D eigenvalue weighted by Gasteiger charge is 2.14. The van der Waals surface area contributed by atoms with Crippen molar-refractivity contribution in [3.05, 3.63) is 35.4 Å². The minimum Gasteiger partial charge on any atom is -0.372 e. The Kier molecular flexibility index (Phi) is 9.04. The van der Waals surface area contributed by atoms with Crippen LogP contribution in [-0.4, -0.2) is 24.0 Å². The van der Waals surface area contributed by atoms with Gasteiger partial charge in [-0.05, 0) is 43.7 Å². The second-order valence-electron chi connectivity index (χ2n) is 6.18. The first-order valence-corrected chi connectivity index (χ1v) is 8.40. The van der Waals surface area contributed by atoms with E-state index in [9.17, 15) is 9.59 Å². The van der Waals surface area contributed by atoms with Gasteiger partial charge in [-0.3, -0.25) is 9.59 Å². The van der Waals surface area contributed by atoms with Crippen LogP contribution in [0.3, 0.4) is 0 Å². The van der Waals surface area contributed by atoms with Gasteiger partial charge >= 0.3 is 0 Å². The Morgan fingerprint density at radius 3 is 2.42 bits per heavy atom. The first-order chi connectivity index (χ1) is 11.4. The Labute approximate surface area is 143 Å².